The zero-order chi connectivity index (χ0) is 18.5. The number of carbonyl (C=O) groups is 1. The first-order valence-corrected chi connectivity index (χ1v) is 9.04. The molecule has 0 amide bonds. The van der Waals surface area contributed by atoms with Crippen molar-refractivity contribution in [3.05, 3.63) is 59.4 Å². The number of hydrogen-bond acceptors (Lipinski definition) is 4. The summed E-state index contributed by atoms with van der Waals surface area (Å²) in [4.78, 5) is 17.1. The molecule has 0 radical (unpaired) electrons. The number of aromatic nitrogens is 2. The maximum Gasteiger partial charge on any atom is 0.338 e. The summed E-state index contributed by atoms with van der Waals surface area (Å²) in [5.41, 5.74) is 3.34. The van der Waals surface area contributed by atoms with Crippen molar-refractivity contribution in [3.8, 4) is 5.75 Å². The van der Waals surface area contributed by atoms with Gasteiger partial charge in [-0.15, -0.1) is 0 Å². The monoisotopic (exact) mass is 352 g/mol. The van der Waals surface area contributed by atoms with E-state index in [0.29, 0.717) is 31.1 Å². The highest BCUT2D eigenvalue weighted by Gasteiger charge is 2.18. The SMILES string of the molecule is CCOC(=O)c1cc(OCC)c2nc(CC)n(Cc3ccccc3)c2c1. The number of nitrogens with zero attached hydrogens (tertiary/aromatic N) is 2. The first-order valence-electron chi connectivity index (χ1n) is 9.04. The van der Waals surface area contributed by atoms with E-state index in [1.807, 2.05) is 31.2 Å². The number of carbonyl (C=O) groups excluding carboxylic acids is 1. The lowest BCUT2D eigenvalue weighted by atomic mass is 10.1. The van der Waals surface area contributed by atoms with Gasteiger partial charge in [0.15, 0.2) is 0 Å². The minimum atomic E-state index is -0.346. The Kier molecular flexibility index (Phi) is 5.56. The van der Waals surface area contributed by atoms with Gasteiger partial charge < -0.3 is 14.0 Å². The summed E-state index contributed by atoms with van der Waals surface area (Å²) in [6.07, 6.45) is 0.793. The normalized spacial score (nSPS) is 10.9. The molecule has 3 aromatic rings. The molecular weight excluding hydrogens is 328 g/mol. The maximum absolute atomic E-state index is 12.3. The number of benzene rings is 2. The van der Waals surface area contributed by atoms with E-state index < -0.39 is 0 Å². The Bertz CT molecular complexity index is 901. The predicted molar refractivity (Wildman–Crippen MR) is 102 cm³/mol. The van der Waals surface area contributed by atoms with Crippen molar-refractivity contribution in [2.45, 2.75) is 33.7 Å². The van der Waals surface area contributed by atoms with Gasteiger partial charge in [0.05, 0.1) is 24.3 Å². The van der Waals surface area contributed by atoms with Gasteiger partial charge in [-0.05, 0) is 31.5 Å². The largest absolute Gasteiger partial charge is 0.492 e. The molecule has 0 aliphatic heterocycles. The van der Waals surface area contributed by atoms with Gasteiger partial charge >= 0.3 is 5.97 Å². The lowest BCUT2D eigenvalue weighted by Crippen LogP contribution is -2.07. The molecule has 136 valence electrons. The van der Waals surface area contributed by atoms with Crippen LogP contribution < -0.4 is 4.74 Å². The summed E-state index contributed by atoms with van der Waals surface area (Å²) in [6.45, 7) is 7.34. The van der Waals surface area contributed by atoms with Gasteiger partial charge in [0.2, 0.25) is 0 Å². The number of imidazole rings is 1. The van der Waals surface area contributed by atoms with E-state index in [0.717, 1.165) is 23.3 Å². The molecule has 5 heteroatoms. The predicted octanol–water partition coefficient (Wildman–Crippen LogP) is 4.22. The van der Waals surface area contributed by atoms with Crippen molar-refractivity contribution in [3.63, 3.8) is 0 Å². The van der Waals surface area contributed by atoms with Crippen LogP contribution in [0.4, 0.5) is 0 Å². The molecule has 0 saturated heterocycles. The Balaban J connectivity index is 2.17. The van der Waals surface area contributed by atoms with Crippen LogP contribution in [0.3, 0.4) is 0 Å². The molecule has 0 unspecified atom stereocenters. The van der Waals surface area contributed by atoms with E-state index in [4.69, 9.17) is 14.5 Å². The number of ether oxygens (including phenoxy) is 2. The van der Waals surface area contributed by atoms with Crippen LogP contribution in [0.25, 0.3) is 11.0 Å². The van der Waals surface area contributed by atoms with Crippen LogP contribution in [0.1, 0.15) is 42.5 Å². The molecule has 1 aromatic heterocycles. The van der Waals surface area contributed by atoms with Crippen molar-refractivity contribution < 1.29 is 14.3 Å². The van der Waals surface area contributed by atoms with Crippen molar-refractivity contribution in [1.82, 2.24) is 9.55 Å². The Hall–Kier alpha value is -2.82. The molecule has 0 saturated carbocycles. The number of aryl methyl sites for hydroxylation is 1. The van der Waals surface area contributed by atoms with E-state index in [-0.39, 0.29) is 5.97 Å². The van der Waals surface area contributed by atoms with Gasteiger partial charge in [-0.3, -0.25) is 0 Å². The second kappa shape index (κ2) is 8.04. The molecule has 26 heavy (non-hydrogen) atoms. The van der Waals surface area contributed by atoms with Gasteiger partial charge in [0.25, 0.3) is 0 Å². The van der Waals surface area contributed by atoms with Crippen LogP contribution in [0.5, 0.6) is 5.75 Å². The third kappa shape index (κ3) is 3.57. The Morgan fingerprint density at radius 3 is 2.50 bits per heavy atom. The van der Waals surface area contributed by atoms with Gasteiger partial charge in [0, 0.05) is 13.0 Å². The van der Waals surface area contributed by atoms with Crippen LogP contribution in [-0.2, 0) is 17.7 Å². The van der Waals surface area contributed by atoms with Crippen LogP contribution in [-0.4, -0.2) is 28.7 Å². The maximum atomic E-state index is 12.3. The van der Waals surface area contributed by atoms with E-state index in [2.05, 4.69) is 23.6 Å². The molecule has 1 heterocycles. The summed E-state index contributed by atoms with van der Waals surface area (Å²) in [6, 6.07) is 13.8. The van der Waals surface area contributed by atoms with Crippen LogP contribution >= 0.6 is 0 Å². The van der Waals surface area contributed by atoms with Gasteiger partial charge in [-0.1, -0.05) is 37.3 Å². The zero-order valence-electron chi connectivity index (χ0n) is 15.5. The molecule has 0 spiro atoms. The Labute approximate surface area is 153 Å². The Morgan fingerprint density at radius 2 is 1.85 bits per heavy atom. The second-order valence-corrected chi connectivity index (χ2v) is 5.95. The molecule has 0 N–H and O–H groups in total. The summed E-state index contributed by atoms with van der Waals surface area (Å²) in [5.74, 6) is 1.24. The second-order valence-electron chi connectivity index (χ2n) is 5.95. The minimum absolute atomic E-state index is 0.338. The van der Waals surface area contributed by atoms with Crippen LogP contribution in [0, 0.1) is 0 Å². The molecule has 0 atom stereocenters. The van der Waals surface area contributed by atoms with Crippen LogP contribution in [0.2, 0.25) is 0 Å². The van der Waals surface area contributed by atoms with E-state index in [1.165, 1.54) is 5.56 Å². The third-order valence-electron chi connectivity index (χ3n) is 4.21. The Morgan fingerprint density at radius 1 is 1.08 bits per heavy atom. The summed E-state index contributed by atoms with van der Waals surface area (Å²) < 4.78 is 13.1. The smallest absolute Gasteiger partial charge is 0.338 e. The summed E-state index contributed by atoms with van der Waals surface area (Å²) in [7, 11) is 0. The number of fused-ring (bicyclic) bond motifs is 1. The van der Waals surface area contributed by atoms with Crippen molar-refractivity contribution in [1.29, 1.82) is 0 Å². The van der Waals surface area contributed by atoms with Gasteiger partial charge in [0.1, 0.15) is 17.1 Å². The quantitative estimate of drug-likeness (QED) is 0.597. The third-order valence-corrected chi connectivity index (χ3v) is 4.21. The van der Waals surface area contributed by atoms with Crippen molar-refractivity contribution in [2.75, 3.05) is 13.2 Å². The number of rotatable bonds is 7. The molecule has 0 aliphatic carbocycles. The van der Waals surface area contributed by atoms with E-state index >= 15 is 0 Å². The molecule has 0 bridgehead atoms. The molecule has 0 aliphatic rings. The fourth-order valence-corrected chi connectivity index (χ4v) is 3.05. The average Bonchev–Trinajstić information content (AvgIpc) is 3.01. The zero-order valence-corrected chi connectivity index (χ0v) is 15.5. The number of hydrogen-bond donors (Lipinski definition) is 0. The lowest BCUT2D eigenvalue weighted by Gasteiger charge is -2.11. The van der Waals surface area contributed by atoms with Gasteiger partial charge in [-0.2, -0.15) is 0 Å². The molecule has 2 aromatic carbocycles. The van der Waals surface area contributed by atoms with Gasteiger partial charge in [-0.25, -0.2) is 9.78 Å². The molecule has 0 fully saturated rings. The fourth-order valence-electron chi connectivity index (χ4n) is 3.05. The lowest BCUT2D eigenvalue weighted by molar-refractivity contribution is 0.0526. The highest BCUT2D eigenvalue weighted by Crippen LogP contribution is 2.29. The topological polar surface area (TPSA) is 53.4 Å². The molecule has 3 rings (SSSR count). The fraction of sp³-hybridized carbons (Fsp3) is 0.333. The first-order chi connectivity index (χ1) is 12.7. The highest BCUT2D eigenvalue weighted by atomic mass is 16.5. The molecular formula is C21H24N2O3. The summed E-state index contributed by atoms with van der Waals surface area (Å²) >= 11 is 0. The minimum Gasteiger partial charge on any atom is -0.492 e. The van der Waals surface area contributed by atoms with Crippen molar-refractivity contribution >= 4 is 17.0 Å². The first kappa shape index (κ1) is 18.0. The highest BCUT2D eigenvalue weighted by molar-refractivity contribution is 5.96. The van der Waals surface area contributed by atoms with Crippen molar-refractivity contribution in [2.24, 2.45) is 0 Å². The average molecular weight is 352 g/mol. The summed E-state index contributed by atoms with van der Waals surface area (Å²) in [5, 5.41) is 0. The van der Waals surface area contributed by atoms with E-state index in [9.17, 15) is 4.79 Å². The van der Waals surface area contributed by atoms with Crippen LogP contribution in [0.15, 0.2) is 42.5 Å². The number of esters is 1. The standard InChI is InChI=1S/C21H24N2O3/c1-4-19-22-20-17(23(19)14-15-10-8-7-9-11-15)12-16(21(24)26-6-3)13-18(20)25-5-2/h7-13H,4-6,14H2,1-3H3. The van der Waals surface area contributed by atoms with E-state index in [1.54, 1.807) is 13.0 Å². The molecule has 5 nitrogen and oxygen atoms in total.